The van der Waals surface area contributed by atoms with Gasteiger partial charge in [-0.05, 0) is 41.8 Å². The zero-order valence-electron chi connectivity index (χ0n) is 9.79. The molecule has 18 heavy (non-hydrogen) atoms. The summed E-state index contributed by atoms with van der Waals surface area (Å²) < 4.78 is 26.0. The van der Waals surface area contributed by atoms with Gasteiger partial charge in [0.15, 0.2) is 0 Å². The Hall–Kier alpha value is -1.90. The van der Waals surface area contributed by atoms with Crippen LogP contribution in [0.3, 0.4) is 0 Å². The molecule has 2 aromatic rings. The molecule has 1 atom stereocenters. The maximum absolute atomic E-state index is 13.1. The molecule has 1 aliphatic rings. The lowest BCUT2D eigenvalue weighted by atomic mass is 9.88. The topological polar surface area (TPSA) is 12.0 Å². The predicted octanol–water partition coefficient (Wildman–Crippen LogP) is 3.72. The van der Waals surface area contributed by atoms with E-state index in [1.165, 1.54) is 24.3 Å². The molecule has 0 bridgehead atoms. The highest BCUT2D eigenvalue weighted by molar-refractivity contribution is 5.54. The number of nitrogens with one attached hydrogen (secondary N) is 1. The van der Waals surface area contributed by atoms with Crippen LogP contribution in [0.15, 0.2) is 42.5 Å². The molecular weight excluding hydrogens is 232 g/mol. The van der Waals surface area contributed by atoms with Gasteiger partial charge in [-0.2, -0.15) is 0 Å². The lowest BCUT2D eigenvalue weighted by Gasteiger charge is -2.26. The summed E-state index contributed by atoms with van der Waals surface area (Å²) in [5, 5.41) is 3.23. The average molecular weight is 245 g/mol. The standard InChI is InChI=1S/C15H13F2N/c16-13-4-1-10(2-5-13)12-7-11-3-6-14(17)8-15(11)18-9-12/h1-6,8,12,18H,7,9H2. The molecule has 1 unspecified atom stereocenters. The van der Waals surface area contributed by atoms with E-state index in [0.29, 0.717) is 5.92 Å². The second-order valence-corrected chi connectivity index (χ2v) is 4.63. The van der Waals surface area contributed by atoms with Crippen molar-refractivity contribution >= 4 is 5.69 Å². The molecule has 0 fully saturated rings. The second kappa shape index (κ2) is 4.41. The summed E-state index contributed by atoms with van der Waals surface area (Å²) in [6, 6.07) is 11.4. The van der Waals surface area contributed by atoms with Gasteiger partial charge in [-0.3, -0.25) is 0 Å². The van der Waals surface area contributed by atoms with E-state index >= 15 is 0 Å². The van der Waals surface area contributed by atoms with Gasteiger partial charge in [-0.25, -0.2) is 8.78 Å². The van der Waals surface area contributed by atoms with Crippen molar-refractivity contribution in [2.75, 3.05) is 11.9 Å². The first-order chi connectivity index (χ1) is 8.72. The van der Waals surface area contributed by atoms with Crippen molar-refractivity contribution in [3.8, 4) is 0 Å². The number of rotatable bonds is 1. The number of hydrogen-bond donors (Lipinski definition) is 1. The Kier molecular flexibility index (Phi) is 2.74. The van der Waals surface area contributed by atoms with Crippen LogP contribution in [0.25, 0.3) is 0 Å². The van der Waals surface area contributed by atoms with Crippen LogP contribution in [0.4, 0.5) is 14.5 Å². The summed E-state index contributed by atoms with van der Waals surface area (Å²) in [5.41, 5.74) is 3.09. The zero-order chi connectivity index (χ0) is 12.5. The molecule has 0 saturated carbocycles. The van der Waals surface area contributed by atoms with Gasteiger partial charge in [-0.15, -0.1) is 0 Å². The first-order valence-electron chi connectivity index (χ1n) is 6.00. The molecule has 0 saturated heterocycles. The Bertz CT molecular complexity index is 563. The first kappa shape index (κ1) is 11.2. The lowest BCUT2D eigenvalue weighted by molar-refractivity contribution is 0.618. The highest BCUT2D eigenvalue weighted by atomic mass is 19.1. The van der Waals surface area contributed by atoms with E-state index in [0.717, 1.165) is 29.8 Å². The number of benzene rings is 2. The Morgan fingerprint density at radius 1 is 0.944 bits per heavy atom. The van der Waals surface area contributed by atoms with Gasteiger partial charge in [0, 0.05) is 18.2 Å². The van der Waals surface area contributed by atoms with Crippen LogP contribution in [-0.2, 0) is 6.42 Å². The Labute approximate surface area is 104 Å². The van der Waals surface area contributed by atoms with Gasteiger partial charge < -0.3 is 5.32 Å². The van der Waals surface area contributed by atoms with Gasteiger partial charge >= 0.3 is 0 Å². The molecule has 0 aromatic heterocycles. The van der Waals surface area contributed by atoms with Crippen LogP contribution >= 0.6 is 0 Å². The molecule has 0 aliphatic carbocycles. The predicted molar refractivity (Wildman–Crippen MR) is 67.7 cm³/mol. The van der Waals surface area contributed by atoms with Crippen molar-refractivity contribution in [1.82, 2.24) is 0 Å². The van der Waals surface area contributed by atoms with Crippen molar-refractivity contribution in [1.29, 1.82) is 0 Å². The molecule has 1 nitrogen and oxygen atoms in total. The fourth-order valence-electron chi connectivity index (χ4n) is 2.43. The minimum Gasteiger partial charge on any atom is -0.384 e. The van der Waals surface area contributed by atoms with E-state index in [1.54, 1.807) is 0 Å². The molecule has 2 aromatic carbocycles. The molecule has 0 spiro atoms. The molecule has 0 radical (unpaired) electrons. The van der Waals surface area contributed by atoms with Crippen LogP contribution in [0.2, 0.25) is 0 Å². The number of fused-ring (bicyclic) bond motifs is 1. The van der Waals surface area contributed by atoms with E-state index in [-0.39, 0.29) is 11.6 Å². The molecule has 1 heterocycles. The van der Waals surface area contributed by atoms with Crippen molar-refractivity contribution in [3.05, 3.63) is 65.2 Å². The Balaban J connectivity index is 1.86. The summed E-state index contributed by atoms with van der Waals surface area (Å²) in [5.74, 6) is -0.130. The van der Waals surface area contributed by atoms with Gasteiger partial charge in [0.25, 0.3) is 0 Å². The summed E-state index contributed by atoms with van der Waals surface area (Å²) >= 11 is 0. The maximum atomic E-state index is 13.1. The third-order valence-corrected chi connectivity index (χ3v) is 3.42. The van der Waals surface area contributed by atoms with Gasteiger partial charge in [0.1, 0.15) is 11.6 Å². The van der Waals surface area contributed by atoms with Crippen LogP contribution < -0.4 is 5.32 Å². The van der Waals surface area contributed by atoms with E-state index in [1.807, 2.05) is 18.2 Å². The van der Waals surface area contributed by atoms with Crippen LogP contribution in [-0.4, -0.2) is 6.54 Å². The average Bonchev–Trinajstić information content (AvgIpc) is 2.39. The number of halogens is 2. The molecule has 1 aliphatic heterocycles. The van der Waals surface area contributed by atoms with E-state index in [2.05, 4.69) is 5.32 Å². The monoisotopic (exact) mass is 245 g/mol. The quantitative estimate of drug-likeness (QED) is 0.807. The van der Waals surface area contributed by atoms with Gasteiger partial charge in [0.2, 0.25) is 0 Å². The molecule has 0 amide bonds. The fourth-order valence-corrected chi connectivity index (χ4v) is 2.43. The summed E-state index contributed by atoms with van der Waals surface area (Å²) in [6.07, 6.45) is 0.855. The first-order valence-corrected chi connectivity index (χ1v) is 6.00. The minimum atomic E-state index is -0.221. The zero-order valence-corrected chi connectivity index (χ0v) is 9.79. The minimum absolute atomic E-state index is 0.218. The molecular formula is C15H13F2N. The summed E-state index contributed by atoms with van der Waals surface area (Å²) in [4.78, 5) is 0. The van der Waals surface area contributed by atoms with Crippen molar-refractivity contribution in [2.24, 2.45) is 0 Å². The van der Waals surface area contributed by atoms with Gasteiger partial charge in [0.05, 0.1) is 0 Å². The smallest absolute Gasteiger partial charge is 0.125 e. The SMILES string of the molecule is Fc1ccc(C2CNc3cc(F)ccc3C2)cc1. The normalized spacial score (nSPS) is 18.0. The van der Waals surface area contributed by atoms with E-state index < -0.39 is 0 Å². The van der Waals surface area contributed by atoms with Crippen molar-refractivity contribution < 1.29 is 8.78 Å². The number of hydrogen-bond acceptors (Lipinski definition) is 1. The number of anilines is 1. The van der Waals surface area contributed by atoms with E-state index in [4.69, 9.17) is 0 Å². The molecule has 92 valence electrons. The summed E-state index contributed by atoms with van der Waals surface area (Å²) in [6.45, 7) is 0.752. The third-order valence-electron chi connectivity index (χ3n) is 3.42. The lowest BCUT2D eigenvalue weighted by Crippen LogP contribution is -2.21. The Morgan fingerprint density at radius 3 is 2.44 bits per heavy atom. The maximum Gasteiger partial charge on any atom is 0.125 e. The van der Waals surface area contributed by atoms with Crippen molar-refractivity contribution in [2.45, 2.75) is 12.3 Å². The van der Waals surface area contributed by atoms with Crippen molar-refractivity contribution in [3.63, 3.8) is 0 Å². The largest absolute Gasteiger partial charge is 0.384 e. The van der Waals surface area contributed by atoms with Crippen LogP contribution in [0.5, 0.6) is 0 Å². The molecule has 1 N–H and O–H groups in total. The third kappa shape index (κ3) is 2.08. The highest BCUT2D eigenvalue weighted by Gasteiger charge is 2.19. The van der Waals surface area contributed by atoms with Gasteiger partial charge in [-0.1, -0.05) is 18.2 Å². The fraction of sp³-hybridized carbons (Fsp3) is 0.200. The molecule has 3 heteroatoms. The second-order valence-electron chi connectivity index (χ2n) is 4.63. The highest BCUT2D eigenvalue weighted by Crippen LogP contribution is 2.30. The molecule has 3 rings (SSSR count). The summed E-state index contributed by atoms with van der Waals surface area (Å²) in [7, 11) is 0. The van der Waals surface area contributed by atoms with Crippen LogP contribution in [0.1, 0.15) is 17.0 Å². The van der Waals surface area contributed by atoms with E-state index in [9.17, 15) is 8.78 Å². The van der Waals surface area contributed by atoms with Crippen LogP contribution in [0, 0.1) is 11.6 Å². The Morgan fingerprint density at radius 2 is 1.67 bits per heavy atom.